The number of piperidine rings is 1. The van der Waals surface area contributed by atoms with Crippen molar-refractivity contribution in [3.05, 3.63) is 12.4 Å². The summed E-state index contributed by atoms with van der Waals surface area (Å²) in [5.74, 6) is 0. The number of hydrogen-bond donors (Lipinski definition) is 1. The quantitative estimate of drug-likeness (QED) is 0.752. The lowest BCUT2D eigenvalue weighted by atomic mass is 9.98. The predicted molar refractivity (Wildman–Crippen MR) is 59.5 cm³/mol. The van der Waals surface area contributed by atoms with E-state index in [9.17, 15) is 0 Å². The minimum Gasteiger partial charge on any atom is -0.396 e. The number of nitrogens with two attached hydrogens (primary N) is 1. The van der Waals surface area contributed by atoms with Crippen molar-refractivity contribution in [1.82, 2.24) is 14.7 Å². The molecule has 2 unspecified atom stereocenters. The van der Waals surface area contributed by atoms with E-state index in [1.54, 1.807) is 6.20 Å². The van der Waals surface area contributed by atoms with Gasteiger partial charge in [-0.2, -0.15) is 5.10 Å². The summed E-state index contributed by atoms with van der Waals surface area (Å²) >= 11 is 0. The van der Waals surface area contributed by atoms with Crippen molar-refractivity contribution in [2.24, 2.45) is 0 Å². The zero-order valence-corrected chi connectivity index (χ0v) is 9.13. The molecule has 2 atom stereocenters. The van der Waals surface area contributed by atoms with E-state index < -0.39 is 0 Å². The minimum atomic E-state index is 0.566. The molecule has 1 aromatic heterocycles. The van der Waals surface area contributed by atoms with Crippen molar-refractivity contribution < 1.29 is 0 Å². The van der Waals surface area contributed by atoms with Gasteiger partial charge in [-0.1, -0.05) is 0 Å². The summed E-state index contributed by atoms with van der Waals surface area (Å²) in [6.07, 6.45) is 8.89. The van der Waals surface area contributed by atoms with Crippen LogP contribution in [0.2, 0.25) is 0 Å². The molecule has 0 radical (unpaired) electrons. The zero-order chi connectivity index (χ0) is 10.4. The van der Waals surface area contributed by atoms with Crippen molar-refractivity contribution in [3.8, 4) is 0 Å². The molecule has 0 spiro atoms. The molecule has 2 aliphatic heterocycles. The Hall–Kier alpha value is -1.03. The summed E-state index contributed by atoms with van der Waals surface area (Å²) in [5.41, 5.74) is 6.48. The molecule has 0 aliphatic carbocycles. The first-order valence-corrected chi connectivity index (χ1v) is 5.75. The highest BCUT2D eigenvalue weighted by atomic mass is 15.3. The highest BCUT2D eigenvalue weighted by Gasteiger charge is 2.39. The second-order valence-corrected chi connectivity index (χ2v) is 4.93. The van der Waals surface area contributed by atoms with Gasteiger partial charge in [0.1, 0.15) is 0 Å². The van der Waals surface area contributed by atoms with Gasteiger partial charge < -0.3 is 10.6 Å². The highest BCUT2D eigenvalue weighted by Crippen LogP contribution is 2.39. The third-order valence-corrected chi connectivity index (χ3v) is 4.07. The van der Waals surface area contributed by atoms with Crippen molar-refractivity contribution in [2.75, 3.05) is 12.8 Å². The van der Waals surface area contributed by atoms with Crippen molar-refractivity contribution in [1.29, 1.82) is 0 Å². The highest BCUT2D eigenvalue weighted by molar-refractivity contribution is 5.30. The predicted octanol–water partition coefficient (Wildman–Crippen LogP) is 1.26. The average molecular weight is 206 g/mol. The van der Waals surface area contributed by atoms with Crippen LogP contribution in [0.25, 0.3) is 0 Å². The van der Waals surface area contributed by atoms with Crippen LogP contribution >= 0.6 is 0 Å². The third-order valence-electron chi connectivity index (χ3n) is 4.07. The Morgan fingerprint density at radius 3 is 2.47 bits per heavy atom. The smallest absolute Gasteiger partial charge is 0.0719 e. The molecule has 4 heteroatoms. The fourth-order valence-electron chi connectivity index (χ4n) is 3.15. The summed E-state index contributed by atoms with van der Waals surface area (Å²) in [6, 6.07) is 2.09. The number of nitrogen functional groups attached to an aromatic ring is 1. The topological polar surface area (TPSA) is 47.1 Å². The summed E-state index contributed by atoms with van der Waals surface area (Å²) in [5, 5.41) is 4.33. The van der Waals surface area contributed by atoms with Gasteiger partial charge >= 0.3 is 0 Å². The van der Waals surface area contributed by atoms with Crippen LogP contribution in [0, 0.1) is 0 Å². The average Bonchev–Trinajstić information content (AvgIpc) is 2.70. The molecule has 2 saturated heterocycles. The van der Waals surface area contributed by atoms with Crippen LogP contribution in [0.4, 0.5) is 5.69 Å². The molecular formula is C11H18N4. The lowest BCUT2D eigenvalue weighted by Gasteiger charge is -2.36. The largest absolute Gasteiger partial charge is 0.396 e. The summed E-state index contributed by atoms with van der Waals surface area (Å²) < 4.78 is 2.06. The Labute approximate surface area is 90.0 Å². The molecule has 3 rings (SSSR count). The molecule has 2 aliphatic rings. The number of aromatic nitrogens is 2. The molecule has 3 heterocycles. The summed E-state index contributed by atoms with van der Waals surface area (Å²) in [4.78, 5) is 2.54. The van der Waals surface area contributed by atoms with Crippen LogP contribution in [0.15, 0.2) is 12.4 Å². The van der Waals surface area contributed by atoms with E-state index in [1.807, 2.05) is 6.20 Å². The lowest BCUT2D eigenvalue weighted by Crippen LogP contribution is -2.40. The van der Waals surface area contributed by atoms with Crippen molar-refractivity contribution >= 4 is 5.69 Å². The van der Waals surface area contributed by atoms with E-state index in [1.165, 1.54) is 25.7 Å². The summed E-state index contributed by atoms with van der Waals surface area (Å²) in [7, 11) is 2.26. The molecule has 1 aromatic rings. The van der Waals surface area contributed by atoms with E-state index in [0.717, 1.165) is 17.8 Å². The van der Waals surface area contributed by atoms with Gasteiger partial charge in [0, 0.05) is 18.3 Å². The van der Waals surface area contributed by atoms with Crippen LogP contribution in [0.3, 0.4) is 0 Å². The SMILES string of the molecule is CN1C2CCC1CC(n1cc(N)cn1)C2. The fourth-order valence-corrected chi connectivity index (χ4v) is 3.15. The molecule has 82 valence electrons. The van der Waals surface area contributed by atoms with Crippen molar-refractivity contribution in [3.63, 3.8) is 0 Å². The van der Waals surface area contributed by atoms with Gasteiger partial charge in [-0.3, -0.25) is 4.68 Å². The Morgan fingerprint density at radius 2 is 1.93 bits per heavy atom. The molecule has 0 saturated carbocycles. The molecule has 4 nitrogen and oxygen atoms in total. The Morgan fingerprint density at radius 1 is 1.27 bits per heavy atom. The maximum atomic E-state index is 5.70. The van der Waals surface area contributed by atoms with Gasteiger partial charge in [0.05, 0.1) is 17.9 Å². The number of hydrogen-bond acceptors (Lipinski definition) is 3. The van der Waals surface area contributed by atoms with E-state index in [4.69, 9.17) is 5.73 Å². The van der Waals surface area contributed by atoms with Gasteiger partial charge in [0.25, 0.3) is 0 Å². The Balaban J connectivity index is 1.80. The number of rotatable bonds is 1. The van der Waals surface area contributed by atoms with Crippen LogP contribution in [-0.4, -0.2) is 33.8 Å². The fraction of sp³-hybridized carbons (Fsp3) is 0.727. The molecule has 0 amide bonds. The maximum Gasteiger partial charge on any atom is 0.0719 e. The lowest BCUT2D eigenvalue weighted by molar-refractivity contribution is 0.131. The van der Waals surface area contributed by atoms with Crippen LogP contribution in [0.1, 0.15) is 31.7 Å². The summed E-state index contributed by atoms with van der Waals surface area (Å²) in [6.45, 7) is 0. The first-order valence-electron chi connectivity index (χ1n) is 5.75. The zero-order valence-electron chi connectivity index (χ0n) is 9.13. The van der Waals surface area contributed by atoms with Crippen LogP contribution in [0.5, 0.6) is 0 Å². The standard InChI is InChI=1S/C11H18N4/c1-14-9-2-3-10(14)5-11(4-9)15-7-8(12)6-13-15/h6-7,9-11H,2-5,12H2,1H3. The second-order valence-electron chi connectivity index (χ2n) is 4.93. The van der Waals surface area contributed by atoms with Gasteiger partial charge in [0.15, 0.2) is 0 Å². The van der Waals surface area contributed by atoms with E-state index in [2.05, 4.69) is 21.7 Å². The van der Waals surface area contributed by atoms with E-state index in [0.29, 0.717) is 6.04 Å². The number of fused-ring (bicyclic) bond motifs is 2. The third kappa shape index (κ3) is 1.44. The van der Waals surface area contributed by atoms with Crippen molar-refractivity contribution in [2.45, 2.75) is 43.8 Å². The monoisotopic (exact) mass is 206 g/mol. The van der Waals surface area contributed by atoms with Gasteiger partial charge in [0.2, 0.25) is 0 Å². The van der Waals surface area contributed by atoms with Gasteiger partial charge in [-0.05, 0) is 32.7 Å². The first-order chi connectivity index (χ1) is 7.24. The first kappa shape index (κ1) is 9.21. The van der Waals surface area contributed by atoms with Crippen LogP contribution in [-0.2, 0) is 0 Å². The van der Waals surface area contributed by atoms with Gasteiger partial charge in [-0.25, -0.2) is 0 Å². The van der Waals surface area contributed by atoms with E-state index in [-0.39, 0.29) is 0 Å². The molecule has 0 aromatic carbocycles. The van der Waals surface area contributed by atoms with Crippen LogP contribution < -0.4 is 5.73 Å². The number of nitrogens with zero attached hydrogens (tertiary/aromatic N) is 3. The molecular weight excluding hydrogens is 188 g/mol. The normalized spacial score (nSPS) is 35.9. The maximum absolute atomic E-state index is 5.70. The van der Waals surface area contributed by atoms with Gasteiger partial charge in [-0.15, -0.1) is 0 Å². The minimum absolute atomic E-state index is 0.566. The Kier molecular flexibility index (Phi) is 1.99. The number of anilines is 1. The Bertz CT molecular complexity index is 345. The molecule has 15 heavy (non-hydrogen) atoms. The molecule has 2 bridgehead atoms. The molecule has 2 N–H and O–H groups in total. The second kappa shape index (κ2) is 3.23. The van der Waals surface area contributed by atoms with E-state index >= 15 is 0 Å². The molecule has 2 fully saturated rings.